The Morgan fingerprint density at radius 3 is 2.86 bits per heavy atom. The van der Waals surface area contributed by atoms with Crippen molar-refractivity contribution in [2.24, 2.45) is 5.92 Å². The van der Waals surface area contributed by atoms with E-state index in [1.54, 1.807) is 11.8 Å². The van der Waals surface area contributed by atoms with Crippen LogP contribution in [0.4, 0.5) is 0 Å². The van der Waals surface area contributed by atoms with Crippen molar-refractivity contribution in [1.29, 1.82) is 0 Å². The minimum atomic E-state index is 0.660. The fraction of sp³-hybridized carbons (Fsp3) is 0.571. The highest BCUT2D eigenvalue weighted by Gasteiger charge is 2.06. The van der Waals surface area contributed by atoms with Gasteiger partial charge in [-0.1, -0.05) is 25.6 Å². The molecule has 0 unspecified atom stereocenters. The molecule has 0 aliphatic carbocycles. The summed E-state index contributed by atoms with van der Waals surface area (Å²) < 4.78 is 1.87. The van der Waals surface area contributed by atoms with Crippen LogP contribution in [0.1, 0.15) is 19.4 Å². The molecule has 0 amide bonds. The lowest BCUT2D eigenvalue weighted by Gasteiger charge is -2.08. The average Bonchev–Trinajstić information content (AvgIpc) is 2.92. The Morgan fingerprint density at radius 2 is 2.10 bits per heavy atom. The van der Waals surface area contributed by atoms with Crippen LogP contribution in [0.3, 0.4) is 0 Å². The van der Waals surface area contributed by atoms with Gasteiger partial charge in [-0.2, -0.15) is 0 Å². The van der Waals surface area contributed by atoms with Crippen LogP contribution in [-0.2, 0) is 13.0 Å². The number of aromatic nitrogens is 5. The van der Waals surface area contributed by atoms with Crippen LogP contribution in [0.15, 0.2) is 29.7 Å². The molecule has 0 spiro atoms. The maximum absolute atomic E-state index is 4.09. The van der Waals surface area contributed by atoms with Gasteiger partial charge in [-0.05, 0) is 47.0 Å². The number of hydrogen-bond acceptors (Lipinski definition) is 6. The van der Waals surface area contributed by atoms with Crippen LogP contribution in [0.2, 0.25) is 0 Å². The molecule has 2 heterocycles. The van der Waals surface area contributed by atoms with Crippen molar-refractivity contribution in [3.63, 3.8) is 0 Å². The first-order valence-corrected chi connectivity index (χ1v) is 8.23. The van der Waals surface area contributed by atoms with Gasteiger partial charge < -0.3 is 5.32 Å². The van der Waals surface area contributed by atoms with Gasteiger partial charge in [0.2, 0.25) is 5.16 Å². The molecule has 2 aromatic heterocycles. The summed E-state index contributed by atoms with van der Waals surface area (Å²) in [6.45, 7) is 7.11. The van der Waals surface area contributed by atoms with Crippen LogP contribution in [0.5, 0.6) is 0 Å². The summed E-state index contributed by atoms with van der Waals surface area (Å²) in [5, 5.41) is 16.2. The maximum Gasteiger partial charge on any atom is 0.209 e. The highest BCUT2D eigenvalue weighted by atomic mass is 32.2. The fourth-order valence-corrected chi connectivity index (χ4v) is 2.72. The molecule has 2 rings (SSSR count). The van der Waals surface area contributed by atoms with E-state index in [0.29, 0.717) is 5.92 Å². The summed E-state index contributed by atoms with van der Waals surface area (Å²) in [6, 6.07) is 4.08. The highest BCUT2D eigenvalue weighted by molar-refractivity contribution is 7.99. The van der Waals surface area contributed by atoms with Crippen molar-refractivity contribution in [1.82, 2.24) is 30.5 Å². The quantitative estimate of drug-likeness (QED) is 0.561. The maximum atomic E-state index is 4.09. The first kappa shape index (κ1) is 15.9. The van der Waals surface area contributed by atoms with E-state index in [2.05, 4.69) is 39.7 Å². The average molecular weight is 306 g/mol. The second-order valence-corrected chi connectivity index (χ2v) is 6.30. The molecule has 0 aliphatic heterocycles. The second-order valence-electron chi connectivity index (χ2n) is 5.24. The lowest BCUT2D eigenvalue weighted by atomic mass is 10.2. The number of pyridine rings is 1. The number of thioether (sulfide) groups is 1. The summed E-state index contributed by atoms with van der Waals surface area (Å²) in [4.78, 5) is 4.02. The van der Waals surface area contributed by atoms with Crippen LogP contribution < -0.4 is 5.32 Å². The molecule has 0 aliphatic rings. The minimum absolute atomic E-state index is 0.660. The van der Waals surface area contributed by atoms with Gasteiger partial charge in [-0.3, -0.25) is 4.98 Å². The lowest BCUT2D eigenvalue weighted by molar-refractivity contribution is 0.482. The van der Waals surface area contributed by atoms with Crippen LogP contribution in [0, 0.1) is 5.92 Å². The summed E-state index contributed by atoms with van der Waals surface area (Å²) in [7, 11) is 0. The predicted octanol–water partition coefficient (Wildman–Crippen LogP) is 1.65. The Kier molecular flexibility index (Phi) is 6.62. The third-order valence-electron chi connectivity index (χ3n) is 2.92. The molecule has 1 N–H and O–H groups in total. The van der Waals surface area contributed by atoms with Crippen LogP contribution >= 0.6 is 11.8 Å². The number of hydrogen-bond donors (Lipinski definition) is 1. The van der Waals surface area contributed by atoms with Crippen molar-refractivity contribution >= 4 is 11.8 Å². The molecular weight excluding hydrogens is 284 g/mol. The molecule has 0 saturated heterocycles. The number of nitrogens with one attached hydrogen (secondary N) is 1. The molecule has 0 radical (unpaired) electrons. The molecule has 0 fully saturated rings. The topological polar surface area (TPSA) is 68.5 Å². The Bertz CT molecular complexity index is 513. The Hall–Kier alpha value is -1.47. The SMILES string of the molecule is CC(C)CNCCn1nnnc1SCCc1ccncc1. The largest absolute Gasteiger partial charge is 0.315 e. The van der Waals surface area contributed by atoms with Crippen molar-refractivity contribution in [3.05, 3.63) is 30.1 Å². The first-order chi connectivity index (χ1) is 10.3. The molecule has 6 nitrogen and oxygen atoms in total. The van der Waals surface area contributed by atoms with Gasteiger partial charge >= 0.3 is 0 Å². The zero-order chi connectivity index (χ0) is 14.9. The van der Waals surface area contributed by atoms with Crippen molar-refractivity contribution in [2.45, 2.75) is 32.0 Å². The molecule has 21 heavy (non-hydrogen) atoms. The third-order valence-corrected chi connectivity index (χ3v) is 3.88. The van der Waals surface area contributed by atoms with Gasteiger partial charge in [0, 0.05) is 24.7 Å². The molecule has 7 heteroatoms. The van der Waals surface area contributed by atoms with E-state index < -0.39 is 0 Å². The van der Waals surface area contributed by atoms with Gasteiger partial charge in [0.1, 0.15) is 0 Å². The predicted molar refractivity (Wildman–Crippen MR) is 84.2 cm³/mol. The van der Waals surface area contributed by atoms with E-state index in [4.69, 9.17) is 0 Å². The molecule has 0 bridgehead atoms. The molecule has 0 atom stereocenters. The smallest absolute Gasteiger partial charge is 0.209 e. The molecule has 114 valence electrons. The van der Waals surface area contributed by atoms with Gasteiger partial charge in [0.15, 0.2) is 0 Å². The van der Waals surface area contributed by atoms with Crippen molar-refractivity contribution in [2.75, 3.05) is 18.8 Å². The summed E-state index contributed by atoms with van der Waals surface area (Å²) >= 11 is 1.69. The van der Waals surface area contributed by atoms with E-state index in [9.17, 15) is 0 Å². The summed E-state index contributed by atoms with van der Waals surface area (Å²) in [5.74, 6) is 1.62. The lowest BCUT2D eigenvalue weighted by Crippen LogP contribution is -2.24. The first-order valence-electron chi connectivity index (χ1n) is 7.24. The number of rotatable bonds is 9. The molecule has 0 aromatic carbocycles. The van der Waals surface area contributed by atoms with Crippen LogP contribution in [-0.4, -0.2) is 44.0 Å². The monoisotopic (exact) mass is 306 g/mol. The molecule has 2 aromatic rings. The second kappa shape index (κ2) is 8.74. The third kappa shape index (κ3) is 5.81. The van der Waals surface area contributed by atoms with Gasteiger partial charge in [0.05, 0.1) is 6.54 Å². The Balaban J connectivity index is 1.72. The van der Waals surface area contributed by atoms with E-state index in [0.717, 1.165) is 37.0 Å². The van der Waals surface area contributed by atoms with Gasteiger partial charge in [-0.15, -0.1) is 5.10 Å². The van der Waals surface area contributed by atoms with Crippen molar-refractivity contribution < 1.29 is 0 Å². The van der Waals surface area contributed by atoms with Gasteiger partial charge in [0.25, 0.3) is 0 Å². The normalized spacial score (nSPS) is 11.2. The van der Waals surface area contributed by atoms with Gasteiger partial charge in [-0.25, -0.2) is 4.68 Å². The van der Waals surface area contributed by atoms with E-state index in [-0.39, 0.29) is 0 Å². The van der Waals surface area contributed by atoms with E-state index >= 15 is 0 Å². The minimum Gasteiger partial charge on any atom is -0.315 e. The number of aryl methyl sites for hydroxylation is 1. The standard InChI is InChI=1S/C14H22N6S/c1-12(2)11-16-8-9-20-14(17-18-19-20)21-10-5-13-3-6-15-7-4-13/h3-4,6-7,12,16H,5,8-11H2,1-2H3. The zero-order valence-electron chi connectivity index (χ0n) is 12.6. The fourth-order valence-electron chi connectivity index (χ4n) is 1.83. The number of tetrazole rings is 1. The number of nitrogens with zero attached hydrogens (tertiary/aromatic N) is 5. The van der Waals surface area contributed by atoms with E-state index in [1.807, 2.05) is 29.2 Å². The zero-order valence-corrected chi connectivity index (χ0v) is 13.4. The Morgan fingerprint density at radius 1 is 1.29 bits per heavy atom. The van der Waals surface area contributed by atoms with Crippen LogP contribution in [0.25, 0.3) is 0 Å². The van der Waals surface area contributed by atoms with Crippen molar-refractivity contribution in [3.8, 4) is 0 Å². The Labute approximate surface area is 129 Å². The highest BCUT2D eigenvalue weighted by Crippen LogP contribution is 2.15. The molecular formula is C14H22N6S. The summed E-state index contributed by atoms with van der Waals surface area (Å²) in [5.41, 5.74) is 1.29. The van der Waals surface area contributed by atoms with E-state index in [1.165, 1.54) is 5.56 Å². The summed E-state index contributed by atoms with van der Waals surface area (Å²) in [6.07, 6.45) is 4.64. The molecule has 0 saturated carbocycles.